The Morgan fingerprint density at radius 3 is 2.57 bits per heavy atom. The highest BCUT2D eigenvalue weighted by molar-refractivity contribution is 5.79. The van der Waals surface area contributed by atoms with Gasteiger partial charge in [-0.15, -0.1) is 0 Å². The number of guanidine groups is 1. The van der Waals surface area contributed by atoms with Crippen molar-refractivity contribution in [2.45, 2.75) is 71.6 Å². The van der Waals surface area contributed by atoms with Crippen molar-refractivity contribution in [2.24, 2.45) is 4.99 Å². The molecule has 0 saturated heterocycles. The number of nitrogens with one attached hydrogen (secondary N) is 3. The molecule has 30 heavy (non-hydrogen) atoms. The van der Waals surface area contributed by atoms with Crippen molar-refractivity contribution in [3.63, 3.8) is 0 Å². The third-order valence-electron chi connectivity index (χ3n) is 5.11. The SMILES string of the molecule is CN=C(NCCCN(C(C)C)C(C)C)NCc1cccc(OCC(=O)NC2CC2)c1. The Hall–Kier alpha value is -2.28. The van der Waals surface area contributed by atoms with Crippen molar-refractivity contribution in [1.29, 1.82) is 0 Å². The van der Waals surface area contributed by atoms with Crippen LogP contribution < -0.4 is 20.7 Å². The van der Waals surface area contributed by atoms with Crippen molar-refractivity contribution < 1.29 is 9.53 Å². The van der Waals surface area contributed by atoms with Crippen LogP contribution in [-0.2, 0) is 11.3 Å². The molecule has 1 aliphatic carbocycles. The molecule has 1 aromatic carbocycles. The fraction of sp³-hybridized carbons (Fsp3) is 0.652. The van der Waals surface area contributed by atoms with Gasteiger partial charge in [0.15, 0.2) is 12.6 Å². The molecule has 0 heterocycles. The number of hydrogen-bond acceptors (Lipinski definition) is 4. The van der Waals surface area contributed by atoms with Crippen molar-refractivity contribution in [1.82, 2.24) is 20.9 Å². The van der Waals surface area contributed by atoms with Gasteiger partial charge in [0, 0.05) is 44.8 Å². The number of ether oxygens (including phenoxy) is 1. The summed E-state index contributed by atoms with van der Waals surface area (Å²) in [6.07, 6.45) is 3.22. The minimum atomic E-state index is -0.0564. The second-order valence-corrected chi connectivity index (χ2v) is 8.41. The van der Waals surface area contributed by atoms with Crippen molar-refractivity contribution >= 4 is 11.9 Å². The summed E-state index contributed by atoms with van der Waals surface area (Å²) in [4.78, 5) is 18.6. The fourth-order valence-corrected chi connectivity index (χ4v) is 3.38. The molecule has 1 aromatic rings. The van der Waals surface area contributed by atoms with Gasteiger partial charge in [-0.2, -0.15) is 0 Å². The quantitative estimate of drug-likeness (QED) is 0.277. The number of hydrogen-bond donors (Lipinski definition) is 3. The molecule has 0 radical (unpaired) electrons. The first-order valence-electron chi connectivity index (χ1n) is 11.1. The standard InChI is InChI=1S/C23H39N5O2/c1-17(2)28(18(3)4)13-7-12-25-23(24-5)26-15-19-8-6-9-21(14-19)30-16-22(29)27-20-10-11-20/h6,8-9,14,17-18,20H,7,10-13,15-16H2,1-5H3,(H,27,29)(H2,24,25,26). The van der Waals surface area contributed by atoms with Crippen LogP contribution in [0.15, 0.2) is 29.3 Å². The van der Waals surface area contributed by atoms with E-state index >= 15 is 0 Å². The Morgan fingerprint density at radius 1 is 1.20 bits per heavy atom. The monoisotopic (exact) mass is 417 g/mol. The molecule has 1 amide bonds. The van der Waals surface area contributed by atoms with Crippen LogP contribution in [-0.4, -0.2) is 61.6 Å². The maximum atomic E-state index is 11.8. The molecule has 7 heteroatoms. The normalized spacial score (nSPS) is 14.3. The zero-order valence-electron chi connectivity index (χ0n) is 19.2. The molecule has 0 atom stereocenters. The molecule has 7 nitrogen and oxygen atoms in total. The summed E-state index contributed by atoms with van der Waals surface area (Å²) in [5.41, 5.74) is 1.07. The molecule has 168 valence electrons. The number of rotatable bonds is 12. The highest BCUT2D eigenvalue weighted by atomic mass is 16.5. The Labute approximate surface area is 181 Å². The van der Waals surface area contributed by atoms with Gasteiger partial charge in [0.05, 0.1) is 0 Å². The Kier molecular flexibility index (Phi) is 9.94. The third-order valence-corrected chi connectivity index (χ3v) is 5.11. The molecule has 1 saturated carbocycles. The Morgan fingerprint density at radius 2 is 1.93 bits per heavy atom. The van der Waals surface area contributed by atoms with E-state index in [1.165, 1.54) is 0 Å². The largest absolute Gasteiger partial charge is 0.484 e. The van der Waals surface area contributed by atoms with Crippen LogP contribution in [0.2, 0.25) is 0 Å². The van der Waals surface area contributed by atoms with E-state index < -0.39 is 0 Å². The van der Waals surface area contributed by atoms with Gasteiger partial charge < -0.3 is 20.7 Å². The predicted octanol–water partition coefficient (Wildman–Crippen LogP) is 2.52. The van der Waals surface area contributed by atoms with E-state index in [0.29, 0.717) is 30.4 Å². The average molecular weight is 418 g/mol. The summed E-state index contributed by atoms with van der Waals surface area (Å²) in [6, 6.07) is 9.25. The molecule has 3 N–H and O–H groups in total. The van der Waals surface area contributed by atoms with Crippen LogP contribution >= 0.6 is 0 Å². The maximum Gasteiger partial charge on any atom is 0.258 e. The lowest BCUT2D eigenvalue weighted by atomic mass is 10.2. The van der Waals surface area contributed by atoms with Gasteiger partial charge in [-0.25, -0.2) is 0 Å². The minimum Gasteiger partial charge on any atom is -0.484 e. The first-order valence-corrected chi connectivity index (χ1v) is 11.1. The summed E-state index contributed by atoms with van der Waals surface area (Å²) in [5.74, 6) is 1.43. The van der Waals surface area contributed by atoms with Gasteiger partial charge in [-0.05, 0) is 64.7 Å². The zero-order chi connectivity index (χ0) is 21.9. The van der Waals surface area contributed by atoms with Crippen molar-refractivity contribution in [2.75, 3.05) is 26.7 Å². The summed E-state index contributed by atoms with van der Waals surface area (Å²) in [5, 5.41) is 9.64. The Bertz CT molecular complexity index is 678. The molecule has 0 aromatic heterocycles. The zero-order valence-corrected chi connectivity index (χ0v) is 19.2. The third kappa shape index (κ3) is 9.03. The highest BCUT2D eigenvalue weighted by Crippen LogP contribution is 2.18. The van der Waals surface area contributed by atoms with Gasteiger partial charge in [-0.1, -0.05) is 12.1 Å². The first-order chi connectivity index (χ1) is 14.4. The molecule has 1 fully saturated rings. The molecular weight excluding hydrogens is 378 g/mol. The van der Waals surface area contributed by atoms with Crippen molar-refractivity contribution in [3.8, 4) is 5.75 Å². The number of amides is 1. The van der Waals surface area contributed by atoms with E-state index in [2.05, 4.69) is 53.5 Å². The van der Waals surface area contributed by atoms with E-state index in [4.69, 9.17) is 4.74 Å². The smallest absolute Gasteiger partial charge is 0.258 e. The van der Waals surface area contributed by atoms with Crippen LogP contribution in [0.3, 0.4) is 0 Å². The van der Waals surface area contributed by atoms with E-state index in [1.807, 2.05) is 24.3 Å². The fourth-order valence-electron chi connectivity index (χ4n) is 3.38. The lowest BCUT2D eigenvalue weighted by Gasteiger charge is -2.30. The topological polar surface area (TPSA) is 78.0 Å². The van der Waals surface area contributed by atoms with E-state index in [9.17, 15) is 4.79 Å². The van der Waals surface area contributed by atoms with E-state index in [0.717, 1.165) is 43.9 Å². The summed E-state index contributed by atoms with van der Waals surface area (Å²) >= 11 is 0. The molecule has 2 rings (SSSR count). The molecular formula is C23H39N5O2. The molecule has 1 aliphatic rings. The van der Waals surface area contributed by atoms with Gasteiger partial charge >= 0.3 is 0 Å². The van der Waals surface area contributed by atoms with Crippen LogP contribution in [0.1, 0.15) is 52.5 Å². The van der Waals surface area contributed by atoms with Crippen LogP contribution in [0.25, 0.3) is 0 Å². The number of nitrogens with zero attached hydrogens (tertiary/aromatic N) is 2. The maximum absolute atomic E-state index is 11.8. The lowest BCUT2D eigenvalue weighted by Crippen LogP contribution is -2.41. The van der Waals surface area contributed by atoms with Gasteiger partial charge in [0.1, 0.15) is 5.75 Å². The second kappa shape index (κ2) is 12.4. The number of carbonyl (C=O) groups excluding carboxylic acids is 1. The highest BCUT2D eigenvalue weighted by Gasteiger charge is 2.23. The van der Waals surface area contributed by atoms with Gasteiger partial charge in [0.2, 0.25) is 0 Å². The molecule has 0 unspecified atom stereocenters. The lowest BCUT2D eigenvalue weighted by molar-refractivity contribution is -0.123. The van der Waals surface area contributed by atoms with Gasteiger partial charge in [0.25, 0.3) is 5.91 Å². The van der Waals surface area contributed by atoms with Crippen molar-refractivity contribution in [3.05, 3.63) is 29.8 Å². The summed E-state index contributed by atoms with van der Waals surface area (Å²) < 4.78 is 5.62. The van der Waals surface area contributed by atoms with E-state index in [1.54, 1.807) is 7.05 Å². The number of carbonyl (C=O) groups is 1. The number of benzene rings is 1. The molecule has 0 spiro atoms. The molecule has 0 aliphatic heterocycles. The van der Waals surface area contributed by atoms with E-state index in [-0.39, 0.29) is 12.5 Å². The second-order valence-electron chi connectivity index (χ2n) is 8.41. The predicted molar refractivity (Wildman–Crippen MR) is 123 cm³/mol. The summed E-state index contributed by atoms with van der Waals surface area (Å²) in [7, 11) is 1.78. The first kappa shape index (κ1) is 24.0. The summed E-state index contributed by atoms with van der Waals surface area (Å²) in [6.45, 7) is 11.6. The van der Waals surface area contributed by atoms with Gasteiger partial charge in [-0.3, -0.25) is 14.7 Å². The minimum absolute atomic E-state index is 0.0559. The Balaban J connectivity index is 1.70. The van der Waals surface area contributed by atoms with Crippen LogP contribution in [0.4, 0.5) is 0 Å². The molecule has 0 bridgehead atoms. The van der Waals surface area contributed by atoms with Crippen LogP contribution in [0.5, 0.6) is 5.75 Å². The number of aliphatic imine (C=N–C) groups is 1. The average Bonchev–Trinajstić information content (AvgIpc) is 3.52. The van der Waals surface area contributed by atoms with Crippen LogP contribution in [0, 0.1) is 0 Å².